The van der Waals surface area contributed by atoms with E-state index in [-0.39, 0.29) is 10.9 Å². The fourth-order valence-corrected chi connectivity index (χ4v) is 3.71. The van der Waals surface area contributed by atoms with E-state index in [1.165, 1.54) is 4.31 Å². The molecule has 0 amide bonds. The zero-order valence-electron chi connectivity index (χ0n) is 11.7. The number of hydrogen-bond acceptors (Lipinski definition) is 4. The number of aromatic nitrogens is 1. The molecule has 1 heterocycles. The van der Waals surface area contributed by atoms with Crippen LogP contribution in [0.4, 0.5) is 0 Å². The lowest BCUT2D eigenvalue weighted by atomic mass is 10.2. The van der Waals surface area contributed by atoms with E-state index in [1.54, 1.807) is 43.6 Å². The van der Waals surface area contributed by atoms with E-state index in [2.05, 4.69) is 4.98 Å². The molecule has 1 unspecified atom stereocenters. The summed E-state index contributed by atoms with van der Waals surface area (Å²) in [6.45, 7) is 2.31. The molecule has 2 aromatic rings. The molecule has 5 nitrogen and oxygen atoms in total. The third-order valence-electron chi connectivity index (χ3n) is 3.47. The van der Waals surface area contributed by atoms with Crippen molar-refractivity contribution in [3.8, 4) is 0 Å². The summed E-state index contributed by atoms with van der Waals surface area (Å²) in [5.41, 5.74) is 6.18. The van der Waals surface area contributed by atoms with Gasteiger partial charge in [0, 0.05) is 24.7 Å². The van der Waals surface area contributed by atoms with Gasteiger partial charge < -0.3 is 5.73 Å². The second kappa shape index (κ2) is 5.87. The Kier molecular flexibility index (Phi) is 4.37. The molecule has 0 aliphatic carbocycles. The van der Waals surface area contributed by atoms with Crippen LogP contribution in [0.2, 0.25) is 0 Å². The summed E-state index contributed by atoms with van der Waals surface area (Å²) in [6, 6.07) is 8.50. The summed E-state index contributed by atoms with van der Waals surface area (Å²) in [5, 5.41) is 0.641. The van der Waals surface area contributed by atoms with Gasteiger partial charge in [0.2, 0.25) is 10.0 Å². The molecular weight excluding hydrogens is 274 g/mol. The molecule has 6 heteroatoms. The molecule has 1 aromatic carbocycles. The van der Waals surface area contributed by atoms with Crippen molar-refractivity contribution < 1.29 is 8.42 Å². The van der Waals surface area contributed by atoms with Gasteiger partial charge in [-0.05, 0) is 44.2 Å². The molecule has 0 saturated carbocycles. The van der Waals surface area contributed by atoms with Crippen LogP contribution in [0.1, 0.15) is 13.3 Å². The summed E-state index contributed by atoms with van der Waals surface area (Å²) in [5.74, 6) is 0. The minimum absolute atomic E-state index is 0.142. The van der Waals surface area contributed by atoms with Crippen molar-refractivity contribution in [2.75, 3.05) is 13.6 Å². The zero-order valence-corrected chi connectivity index (χ0v) is 12.5. The maximum atomic E-state index is 12.7. The highest BCUT2D eigenvalue weighted by atomic mass is 32.2. The van der Waals surface area contributed by atoms with Crippen LogP contribution in [0, 0.1) is 0 Å². The number of hydrogen-bond donors (Lipinski definition) is 1. The molecule has 0 bridgehead atoms. The van der Waals surface area contributed by atoms with Gasteiger partial charge >= 0.3 is 0 Å². The lowest BCUT2D eigenvalue weighted by molar-refractivity contribution is 0.375. The van der Waals surface area contributed by atoms with Gasteiger partial charge in [-0.25, -0.2) is 8.42 Å². The van der Waals surface area contributed by atoms with Gasteiger partial charge in [-0.1, -0.05) is 6.07 Å². The van der Waals surface area contributed by atoms with Crippen LogP contribution in [0.25, 0.3) is 10.9 Å². The minimum Gasteiger partial charge on any atom is -0.330 e. The highest BCUT2D eigenvalue weighted by molar-refractivity contribution is 7.89. The van der Waals surface area contributed by atoms with Crippen LogP contribution in [-0.4, -0.2) is 37.3 Å². The molecule has 0 radical (unpaired) electrons. The molecule has 0 fully saturated rings. The highest BCUT2D eigenvalue weighted by Crippen LogP contribution is 2.25. The van der Waals surface area contributed by atoms with Crippen LogP contribution in [0.15, 0.2) is 41.4 Å². The van der Waals surface area contributed by atoms with Crippen LogP contribution < -0.4 is 5.73 Å². The number of fused-ring (bicyclic) bond motifs is 1. The summed E-state index contributed by atoms with van der Waals surface area (Å²) < 4.78 is 26.8. The van der Waals surface area contributed by atoms with Crippen LogP contribution in [0.5, 0.6) is 0 Å². The normalized spacial score (nSPS) is 13.8. The van der Waals surface area contributed by atoms with Gasteiger partial charge in [-0.15, -0.1) is 0 Å². The van der Waals surface area contributed by atoms with E-state index >= 15 is 0 Å². The molecule has 2 N–H and O–H groups in total. The van der Waals surface area contributed by atoms with Gasteiger partial charge in [0.05, 0.1) is 10.4 Å². The zero-order chi connectivity index (χ0) is 14.8. The largest absolute Gasteiger partial charge is 0.330 e. The number of pyridine rings is 1. The smallest absolute Gasteiger partial charge is 0.243 e. The van der Waals surface area contributed by atoms with Crippen molar-refractivity contribution in [1.82, 2.24) is 9.29 Å². The fourth-order valence-electron chi connectivity index (χ4n) is 2.12. The van der Waals surface area contributed by atoms with Crippen LogP contribution in [0.3, 0.4) is 0 Å². The summed E-state index contributed by atoms with van der Waals surface area (Å²) in [4.78, 5) is 4.48. The van der Waals surface area contributed by atoms with Gasteiger partial charge in [-0.2, -0.15) is 4.31 Å². The first-order valence-electron chi connectivity index (χ1n) is 6.50. The molecule has 1 atom stereocenters. The fraction of sp³-hybridized carbons (Fsp3) is 0.357. The molecular formula is C14H19N3O2S. The molecule has 2 rings (SSSR count). The number of sulfonamides is 1. The monoisotopic (exact) mass is 293 g/mol. The van der Waals surface area contributed by atoms with E-state index in [9.17, 15) is 8.42 Å². The molecule has 0 spiro atoms. The molecule has 0 aliphatic rings. The molecule has 0 saturated heterocycles. The predicted octanol–water partition coefficient (Wildman–Crippen LogP) is 1.59. The lowest BCUT2D eigenvalue weighted by Gasteiger charge is -2.24. The summed E-state index contributed by atoms with van der Waals surface area (Å²) >= 11 is 0. The lowest BCUT2D eigenvalue weighted by Crippen LogP contribution is -2.36. The Balaban J connectivity index is 2.52. The van der Waals surface area contributed by atoms with Crippen molar-refractivity contribution in [2.45, 2.75) is 24.3 Å². The third-order valence-corrected chi connectivity index (χ3v) is 5.50. The van der Waals surface area contributed by atoms with Gasteiger partial charge in [0.1, 0.15) is 0 Å². The Hall–Kier alpha value is -1.50. The molecule has 20 heavy (non-hydrogen) atoms. The molecule has 0 aliphatic heterocycles. The van der Waals surface area contributed by atoms with E-state index in [1.807, 2.05) is 6.92 Å². The topological polar surface area (TPSA) is 76.3 Å². The maximum absolute atomic E-state index is 12.7. The Bertz CT molecular complexity index is 695. The van der Waals surface area contributed by atoms with E-state index in [0.29, 0.717) is 23.9 Å². The Labute approximate surface area is 119 Å². The predicted molar refractivity (Wildman–Crippen MR) is 79.8 cm³/mol. The quantitative estimate of drug-likeness (QED) is 0.908. The molecule has 1 aromatic heterocycles. The second-order valence-corrected chi connectivity index (χ2v) is 6.74. The second-order valence-electron chi connectivity index (χ2n) is 4.77. The van der Waals surface area contributed by atoms with E-state index in [4.69, 9.17) is 5.73 Å². The minimum atomic E-state index is -3.55. The van der Waals surface area contributed by atoms with Crippen molar-refractivity contribution in [3.05, 3.63) is 36.5 Å². The van der Waals surface area contributed by atoms with Crippen LogP contribution in [-0.2, 0) is 10.0 Å². The van der Waals surface area contributed by atoms with Crippen molar-refractivity contribution >= 4 is 20.9 Å². The summed E-state index contributed by atoms with van der Waals surface area (Å²) in [6.07, 6.45) is 2.28. The van der Waals surface area contributed by atoms with Crippen molar-refractivity contribution in [1.29, 1.82) is 0 Å². The SMILES string of the molecule is CC(CCN)N(C)S(=O)(=O)c1cccc2ncccc12. The maximum Gasteiger partial charge on any atom is 0.243 e. The Morgan fingerprint density at radius 1 is 1.30 bits per heavy atom. The standard InChI is InChI=1S/C14H19N3O2S/c1-11(8-9-15)17(2)20(18,19)14-7-3-6-13-12(14)5-4-10-16-13/h3-7,10-11H,8-9,15H2,1-2H3. The summed E-state index contributed by atoms with van der Waals surface area (Å²) in [7, 11) is -1.96. The number of rotatable bonds is 5. The van der Waals surface area contributed by atoms with Gasteiger partial charge in [0.25, 0.3) is 0 Å². The third kappa shape index (κ3) is 2.67. The van der Waals surface area contributed by atoms with Gasteiger partial charge in [-0.3, -0.25) is 4.98 Å². The number of nitrogens with two attached hydrogens (primary N) is 1. The van der Waals surface area contributed by atoms with Crippen LogP contribution >= 0.6 is 0 Å². The average molecular weight is 293 g/mol. The van der Waals surface area contributed by atoms with Gasteiger partial charge in [0.15, 0.2) is 0 Å². The first-order valence-corrected chi connectivity index (χ1v) is 7.94. The van der Waals surface area contributed by atoms with E-state index < -0.39 is 10.0 Å². The molecule has 108 valence electrons. The number of benzene rings is 1. The first kappa shape index (κ1) is 14.9. The van der Waals surface area contributed by atoms with Crippen molar-refractivity contribution in [3.63, 3.8) is 0 Å². The number of nitrogens with zero attached hydrogens (tertiary/aromatic N) is 2. The van der Waals surface area contributed by atoms with Crippen molar-refractivity contribution in [2.24, 2.45) is 5.73 Å². The Morgan fingerprint density at radius 2 is 2.05 bits per heavy atom. The Morgan fingerprint density at radius 3 is 2.75 bits per heavy atom. The highest BCUT2D eigenvalue weighted by Gasteiger charge is 2.26. The average Bonchev–Trinajstić information content (AvgIpc) is 2.46. The van der Waals surface area contributed by atoms with E-state index in [0.717, 1.165) is 0 Å². The first-order chi connectivity index (χ1) is 9.48.